The quantitative estimate of drug-likeness (QED) is 0.785. The molecule has 0 aliphatic carbocycles. The first-order valence-electron chi connectivity index (χ1n) is 7.83. The van der Waals surface area contributed by atoms with Crippen molar-refractivity contribution in [3.63, 3.8) is 0 Å². The van der Waals surface area contributed by atoms with Crippen LogP contribution in [0.2, 0.25) is 5.02 Å². The van der Waals surface area contributed by atoms with Gasteiger partial charge < -0.3 is 10.1 Å². The molecular weight excluding hydrogens is 385 g/mol. The number of carbonyl (C=O) groups is 2. The van der Waals surface area contributed by atoms with Crippen LogP contribution in [0, 0.1) is 0 Å². The van der Waals surface area contributed by atoms with E-state index in [0.29, 0.717) is 16.1 Å². The number of hydrogen-bond donors (Lipinski definition) is 1. The molecule has 2 aromatic rings. The average Bonchev–Trinajstić information content (AvgIpc) is 2.80. The summed E-state index contributed by atoms with van der Waals surface area (Å²) in [4.78, 5) is 26.1. The Bertz CT molecular complexity index is 869. The monoisotopic (exact) mass is 398 g/mol. The van der Waals surface area contributed by atoms with Crippen LogP contribution >= 0.6 is 11.6 Å². The van der Waals surface area contributed by atoms with Crippen LogP contribution in [-0.4, -0.2) is 23.2 Å². The van der Waals surface area contributed by atoms with E-state index < -0.39 is 23.8 Å². The van der Waals surface area contributed by atoms with Crippen molar-refractivity contribution in [1.82, 2.24) is 10.2 Å². The van der Waals surface area contributed by atoms with Crippen LogP contribution in [0.15, 0.2) is 48.5 Å². The lowest BCUT2D eigenvalue weighted by Gasteiger charge is -2.22. The average molecular weight is 399 g/mol. The summed E-state index contributed by atoms with van der Waals surface area (Å²) in [6.07, 6.45) is -4.79. The highest BCUT2D eigenvalue weighted by Crippen LogP contribution is 2.31. The molecule has 0 bridgehead atoms. The fourth-order valence-corrected chi connectivity index (χ4v) is 2.92. The number of nitrogens with one attached hydrogen (secondary N) is 1. The second-order valence-corrected chi connectivity index (χ2v) is 6.58. The lowest BCUT2D eigenvalue weighted by molar-refractivity contribution is -0.274. The van der Waals surface area contributed by atoms with Gasteiger partial charge in [-0.15, -0.1) is 13.2 Å². The molecular formula is C18H14ClF3N2O3. The topological polar surface area (TPSA) is 58.6 Å². The van der Waals surface area contributed by atoms with Crippen LogP contribution in [0.5, 0.6) is 5.75 Å². The number of amides is 3. The van der Waals surface area contributed by atoms with E-state index in [1.165, 1.54) is 12.1 Å². The summed E-state index contributed by atoms with van der Waals surface area (Å²) in [5.41, 5.74) is -0.198. The Kier molecular flexibility index (Phi) is 4.77. The molecule has 142 valence electrons. The zero-order valence-electron chi connectivity index (χ0n) is 14.0. The number of alkyl halides is 3. The van der Waals surface area contributed by atoms with Crippen LogP contribution in [0.3, 0.4) is 0 Å². The molecule has 1 aliphatic heterocycles. The van der Waals surface area contributed by atoms with Crippen LogP contribution in [0.25, 0.3) is 0 Å². The number of ether oxygens (including phenoxy) is 1. The van der Waals surface area contributed by atoms with Crippen LogP contribution in [-0.2, 0) is 16.9 Å². The first-order valence-corrected chi connectivity index (χ1v) is 8.21. The Morgan fingerprint density at radius 1 is 1.07 bits per heavy atom. The molecule has 27 heavy (non-hydrogen) atoms. The van der Waals surface area contributed by atoms with Gasteiger partial charge in [-0.05, 0) is 42.3 Å². The predicted octanol–water partition coefficient (Wildman–Crippen LogP) is 4.21. The zero-order valence-corrected chi connectivity index (χ0v) is 14.8. The normalized spacial score (nSPS) is 20.0. The summed E-state index contributed by atoms with van der Waals surface area (Å²) in [6, 6.07) is 10.9. The second kappa shape index (κ2) is 6.77. The van der Waals surface area contributed by atoms with Crippen LogP contribution in [0.4, 0.5) is 18.0 Å². The summed E-state index contributed by atoms with van der Waals surface area (Å²) in [5, 5.41) is 3.15. The molecule has 5 nitrogen and oxygen atoms in total. The highest BCUT2D eigenvalue weighted by molar-refractivity contribution is 6.30. The fraction of sp³-hybridized carbons (Fsp3) is 0.222. The van der Waals surface area contributed by atoms with Crippen molar-refractivity contribution < 1.29 is 27.5 Å². The summed E-state index contributed by atoms with van der Waals surface area (Å²) in [7, 11) is 0. The maximum Gasteiger partial charge on any atom is 0.573 e. The molecule has 0 spiro atoms. The van der Waals surface area contributed by atoms with E-state index in [0.717, 1.165) is 17.0 Å². The fourth-order valence-electron chi connectivity index (χ4n) is 2.80. The zero-order chi connectivity index (χ0) is 19.8. The Balaban J connectivity index is 1.77. The molecule has 1 aliphatic rings. The third kappa shape index (κ3) is 4.00. The van der Waals surface area contributed by atoms with Crippen molar-refractivity contribution in [2.24, 2.45) is 0 Å². The van der Waals surface area contributed by atoms with Gasteiger partial charge in [-0.2, -0.15) is 0 Å². The van der Waals surface area contributed by atoms with Crippen molar-refractivity contribution >= 4 is 23.5 Å². The first kappa shape index (κ1) is 19.0. The SMILES string of the molecule is CC1(c2ccc(Cl)cc2)NC(=O)N(Cc2ccc(OC(F)(F)F)cc2)C1=O. The van der Waals surface area contributed by atoms with E-state index in [2.05, 4.69) is 10.1 Å². The molecule has 0 saturated carbocycles. The summed E-state index contributed by atoms with van der Waals surface area (Å²) < 4.78 is 40.4. The second-order valence-electron chi connectivity index (χ2n) is 6.15. The van der Waals surface area contributed by atoms with E-state index in [-0.39, 0.29) is 12.3 Å². The molecule has 1 N–H and O–H groups in total. The molecule has 9 heteroatoms. The van der Waals surface area contributed by atoms with Gasteiger partial charge in [0.15, 0.2) is 0 Å². The number of benzene rings is 2. The minimum Gasteiger partial charge on any atom is -0.406 e. The number of imide groups is 1. The molecule has 1 unspecified atom stereocenters. The molecule has 3 rings (SSSR count). The van der Waals surface area contributed by atoms with Crippen molar-refractivity contribution in [1.29, 1.82) is 0 Å². The maximum atomic E-state index is 12.8. The Hall–Kier alpha value is -2.74. The van der Waals surface area contributed by atoms with Gasteiger partial charge in [0, 0.05) is 5.02 Å². The van der Waals surface area contributed by atoms with E-state index >= 15 is 0 Å². The van der Waals surface area contributed by atoms with Crippen molar-refractivity contribution in [2.75, 3.05) is 0 Å². The lowest BCUT2D eigenvalue weighted by atomic mass is 9.92. The van der Waals surface area contributed by atoms with Gasteiger partial charge in [0.2, 0.25) is 0 Å². The van der Waals surface area contributed by atoms with Gasteiger partial charge in [0.1, 0.15) is 11.3 Å². The third-order valence-corrected chi connectivity index (χ3v) is 4.45. The molecule has 0 radical (unpaired) electrons. The van der Waals surface area contributed by atoms with Crippen molar-refractivity contribution in [3.8, 4) is 5.75 Å². The third-order valence-electron chi connectivity index (χ3n) is 4.19. The molecule has 1 saturated heterocycles. The van der Waals surface area contributed by atoms with Gasteiger partial charge in [0.05, 0.1) is 6.54 Å². The maximum absolute atomic E-state index is 12.8. The Morgan fingerprint density at radius 3 is 2.22 bits per heavy atom. The minimum atomic E-state index is -4.79. The lowest BCUT2D eigenvalue weighted by Crippen LogP contribution is -2.40. The van der Waals surface area contributed by atoms with Crippen molar-refractivity contribution in [2.45, 2.75) is 25.4 Å². The molecule has 2 aromatic carbocycles. The van der Waals surface area contributed by atoms with E-state index in [9.17, 15) is 22.8 Å². The minimum absolute atomic E-state index is 0.0832. The van der Waals surface area contributed by atoms with E-state index in [4.69, 9.17) is 11.6 Å². The highest BCUT2D eigenvalue weighted by Gasteiger charge is 2.48. The highest BCUT2D eigenvalue weighted by atomic mass is 35.5. The van der Waals surface area contributed by atoms with E-state index in [1.807, 2.05) is 0 Å². The number of nitrogens with zero attached hydrogens (tertiary/aromatic N) is 1. The number of halogens is 4. The predicted molar refractivity (Wildman–Crippen MR) is 91.0 cm³/mol. The Labute approximate surface area is 157 Å². The molecule has 0 aromatic heterocycles. The molecule has 1 fully saturated rings. The standard InChI is InChI=1S/C18H14ClF3N2O3/c1-17(12-4-6-13(19)7-5-12)15(25)24(16(26)23-17)10-11-2-8-14(9-3-11)27-18(20,21)22/h2-9H,10H2,1H3,(H,23,26). The number of rotatable bonds is 4. The van der Waals surface area contributed by atoms with Gasteiger partial charge in [0.25, 0.3) is 5.91 Å². The smallest absolute Gasteiger partial charge is 0.406 e. The molecule has 3 amide bonds. The van der Waals surface area contributed by atoms with E-state index in [1.54, 1.807) is 31.2 Å². The van der Waals surface area contributed by atoms with Gasteiger partial charge in [-0.1, -0.05) is 35.9 Å². The van der Waals surface area contributed by atoms with Gasteiger partial charge in [-0.25, -0.2) is 4.79 Å². The number of urea groups is 1. The summed E-state index contributed by atoms with van der Waals surface area (Å²) >= 11 is 5.85. The number of hydrogen-bond acceptors (Lipinski definition) is 3. The largest absolute Gasteiger partial charge is 0.573 e. The van der Waals surface area contributed by atoms with Gasteiger partial charge in [-0.3, -0.25) is 9.69 Å². The molecule has 1 heterocycles. The van der Waals surface area contributed by atoms with Crippen LogP contribution in [0.1, 0.15) is 18.1 Å². The molecule has 1 atom stereocenters. The van der Waals surface area contributed by atoms with Crippen LogP contribution < -0.4 is 10.1 Å². The number of carbonyl (C=O) groups excluding carboxylic acids is 2. The first-order chi connectivity index (χ1) is 12.6. The van der Waals surface area contributed by atoms with Crippen molar-refractivity contribution in [3.05, 3.63) is 64.7 Å². The van der Waals surface area contributed by atoms with Gasteiger partial charge >= 0.3 is 12.4 Å². The summed E-state index contributed by atoms with van der Waals surface area (Å²) in [6.45, 7) is 1.50. The summed E-state index contributed by atoms with van der Waals surface area (Å²) in [5.74, 6) is -0.847. The Morgan fingerprint density at radius 2 is 1.67 bits per heavy atom.